The molecule has 2 heterocycles. The Labute approximate surface area is 223 Å². The fourth-order valence-corrected chi connectivity index (χ4v) is 5.45. The second-order valence-corrected chi connectivity index (χ2v) is 10.0. The van der Waals surface area contributed by atoms with Crippen LogP contribution in [0.25, 0.3) is 10.9 Å². The van der Waals surface area contributed by atoms with Crippen LogP contribution in [0.1, 0.15) is 33.2 Å². The van der Waals surface area contributed by atoms with Gasteiger partial charge in [0.25, 0.3) is 5.91 Å². The lowest BCUT2D eigenvalue weighted by Crippen LogP contribution is -2.48. The molecule has 1 fully saturated rings. The van der Waals surface area contributed by atoms with Gasteiger partial charge >= 0.3 is 0 Å². The zero-order chi connectivity index (χ0) is 25.9. The minimum absolute atomic E-state index is 0.131. The molecule has 1 aromatic heterocycles. The highest BCUT2D eigenvalue weighted by Gasteiger charge is 2.26. The van der Waals surface area contributed by atoms with Gasteiger partial charge in [0.15, 0.2) is 0 Å². The van der Waals surface area contributed by atoms with E-state index in [1.54, 1.807) is 0 Å². The monoisotopic (exact) mass is 500 g/mol. The first-order chi connectivity index (χ1) is 18.6. The summed E-state index contributed by atoms with van der Waals surface area (Å²) in [6.07, 6.45) is 0. The molecule has 5 heteroatoms. The number of amides is 1. The van der Waals surface area contributed by atoms with E-state index in [0.29, 0.717) is 5.69 Å². The Morgan fingerprint density at radius 2 is 1.39 bits per heavy atom. The summed E-state index contributed by atoms with van der Waals surface area (Å²) < 4.78 is 0. The highest BCUT2D eigenvalue weighted by molar-refractivity contribution is 6.06. The van der Waals surface area contributed by atoms with Crippen LogP contribution in [0.5, 0.6) is 0 Å². The number of piperazine rings is 1. The summed E-state index contributed by atoms with van der Waals surface area (Å²) in [7, 11) is 0. The number of aromatic nitrogens is 1. The third-order valence-electron chi connectivity index (χ3n) is 7.42. The zero-order valence-corrected chi connectivity index (χ0v) is 21.6. The Morgan fingerprint density at radius 1 is 0.763 bits per heavy atom. The van der Waals surface area contributed by atoms with Gasteiger partial charge in [-0.1, -0.05) is 72.3 Å². The van der Waals surface area contributed by atoms with E-state index in [1.165, 1.54) is 22.4 Å². The van der Waals surface area contributed by atoms with Crippen LogP contribution in [-0.4, -0.2) is 42.0 Å². The Hall–Kier alpha value is -4.35. The highest BCUT2D eigenvalue weighted by atomic mass is 16.1. The molecule has 190 valence electrons. The predicted molar refractivity (Wildman–Crippen MR) is 156 cm³/mol. The van der Waals surface area contributed by atoms with Crippen LogP contribution in [0.2, 0.25) is 0 Å². The van der Waals surface area contributed by atoms with Gasteiger partial charge < -0.3 is 15.2 Å². The van der Waals surface area contributed by atoms with Gasteiger partial charge in [0, 0.05) is 48.5 Å². The summed E-state index contributed by atoms with van der Waals surface area (Å²) >= 11 is 0. The van der Waals surface area contributed by atoms with E-state index in [2.05, 4.69) is 106 Å². The van der Waals surface area contributed by atoms with E-state index >= 15 is 0 Å². The number of hydrogen-bond acceptors (Lipinski definition) is 3. The van der Waals surface area contributed by atoms with E-state index in [0.717, 1.165) is 42.8 Å². The second kappa shape index (κ2) is 10.6. The van der Waals surface area contributed by atoms with E-state index in [9.17, 15) is 4.79 Å². The number of anilines is 2. The van der Waals surface area contributed by atoms with Crippen molar-refractivity contribution in [1.82, 2.24) is 9.88 Å². The number of hydrogen-bond donors (Lipinski definition) is 2. The highest BCUT2D eigenvalue weighted by Crippen LogP contribution is 2.30. The molecule has 5 aromatic rings. The molecule has 6 rings (SSSR count). The van der Waals surface area contributed by atoms with Crippen molar-refractivity contribution in [1.29, 1.82) is 0 Å². The first-order valence-corrected chi connectivity index (χ1v) is 13.2. The summed E-state index contributed by atoms with van der Waals surface area (Å²) in [6, 6.07) is 38.1. The molecule has 1 aliphatic heterocycles. The van der Waals surface area contributed by atoms with Crippen molar-refractivity contribution in [2.45, 2.75) is 13.0 Å². The van der Waals surface area contributed by atoms with Crippen LogP contribution in [0.4, 0.5) is 11.4 Å². The summed E-state index contributed by atoms with van der Waals surface area (Å²) in [4.78, 5) is 21.1. The van der Waals surface area contributed by atoms with Crippen molar-refractivity contribution in [2.75, 3.05) is 36.4 Å². The maximum Gasteiger partial charge on any atom is 0.272 e. The van der Waals surface area contributed by atoms with Gasteiger partial charge in [-0.25, -0.2) is 0 Å². The first kappa shape index (κ1) is 24.0. The molecule has 0 atom stereocenters. The number of carbonyl (C=O) groups excluding carboxylic acids is 1. The summed E-state index contributed by atoms with van der Waals surface area (Å²) in [5.41, 5.74) is 7.35. The normalized spacial score (nSPS) is 14.2. The number of nitrogens with zero attached hydrogens (tertiary/aromatic N) is 2. The third kappa shape index (κ3) is 5.06. The van der Waals surface area contributed by atoms with Gasteiger partial charge in [-0.15, -0.1) is 0 Å². The Kier molecular flexibility index (Phi) is 6.67. The van der Waals surface area contributed by atoms with Crippen LogP contribution < -0.4 is 10.2 Å². The van der Waals surface area contributed by atoms with Gasteiger partial charge in [0.2, 0.25) is 0 Å². The lowest BCUT2D eigenvalue weighted by Gasteiger charge is -2.40. The lowest BCUT2D eigenvalue weighted by atomic mass is 9.96. The average molecular weight is 501 g/mol. The molecular weight excluding hydrogens is 468 g/mol. The molecule has 0 aliphatic carbocycles. The first-order valence-electron chi connectivity index (χ1n) is 13.2. The van der Waals surface area contributed by atoms with Gasteiger partial charge in [0.1, 0.15) is 5.69 Å². The number of benzene rings is 4. The van der Waals surface area contributed by atoms with Crippen molar-refractivity contribution in [3.05, 3.63) is 132 Å². The Morgan fingerprint density at radius 3 is 2.03 bits per heavy atom. The van der Waals surface area contributed by atoms with Gasteiger partial charge in [-0.3, -0.25) is 9.69 Å². The fraction of sp³-hybridized carbons (Fsp3) is 0.182. The number of nitrogens with one attached hydrogen (secondary N) is 2. The molecule has 4 aromatic carbocycles. The third-order valence-corrected chi connectivity index (χ3v) is 7.42. The smallest absolute Gasteiger partial charge is 0.272 e. The van der Waals surface area contributed by atoms with Crippen molar-refractivity contribution in [2.24, 2.45) is 0 Å². The molecule has 0 saturated carbocycles. The number of aryl methyl sites for hydroxylation is 1. The van der Waals surface area contributed by atoms with E-state index < -0.39 is 0 Å². The molecule has 2 N–H and O–H groups in total. The minimum atomic E-state index is -0.131. The Balaban J connectivity index is 1.11. The van der Waals surface area contributed by atoms with E-state index in [-0.39, 0.29) is 11.9 Å². The van der Waals surface area contributed by atoms with Crippen LogP contribution in [0.3, 0.4) is 0 Å². The SMILES string of the molecule is Cc1ccc2[nH]c(C(=O)Nc3ccc(N4CCN(C(c5ccccc5)c5ccccc5)CC4)cc3)cc2c1. The van der Waals surface area contributed by atoms with Crippen molar-refractivity contribution >= 4 is 28.2 Å². The summed E-state index contributed by atoms with van der Waals surface area (Å²) in [5.74, 6) is -0.131. The molecule has 0 spiro atoms. The zero-order valence-electron chi connectivity index (χ0n) is 21.6. The Bertz CT molecular complexity index is 1480. The maximum absolute atomic E-state index is 12.8. The molecular formula is C33H32N4O. The van der Waals surface area contributed by atoms with Gasteiger partial charge in [-0.2, -0.15) is 0 Å². The number of rotatable bonds is 6. The minimum Gasteiger partial charge on any atom is -0.369 e. The maximum atomic E-state index is 12.8. The van der Waals surface area contributed by atoms with Gasteiger partial charge in [-0.05, 0) is 60.5 Å². The lowest BCUT2D eigenvalue weighted by molar-refractivity contribution is 0.102. The number of H-pyrrole nitrogens is 1. The number of aromatic amines is 1. The van der Waals surface area contributed by atoms with Crippen LogP contribution in [-0.2, 0) is 0 Å². The van der Waals surface area contributed by atoms with E-state index in [4.69, 9.17) is 0 Å². The average Bonchev–Trinajstić information content (AvgIpc) is 3.39. The molecule has 1 saturated heterocycles. The van der Waals surface area contributed by atoms with Gasteiger partial charge in [0.05, 0.1) is 6.04 Å². The van der Waals surface area contributed by atoms with Crippen LogP contribution in [0, 0.1) is 6.92 Å². The molecule has 0 unspecified atom stereocenters. The van der Waals surface area contributed by atoms with Crippen molar-refractivity contribution in [3.63, 3.8) is 0 Å². The molecule has 1 aliphatic rings. The van der Waals surface area contributed by atoms with Crippen LogP contribution >= 0.6 is 0 Å². The van der Waals surface area contributed by atoms with Crippen LogP contribution in [0.15, 0.2) is 109 Å². The number of fused-ring (bicyclic) bond motifs is 1. The summed E-state index contributed by atoms with van der Waals surface area (Å²) in [6.45, 7) is 5.92. The second-order valence-electron chi connectivity index (χ2n) is 10.0. The topological polar surface area (TPSA) is 51.4 Å². The van der Waals surface area contributed by atoms with Crippen molar-refractivity contribution < 1.29 is 4.79 Å². The molecule has 0 radical (unpaired) electrons. The quantitative estimate of drug-likeness (QED) is 0.275. The molecule has 1 amide bonds. The summed E-state index contributed by atoms with van der Waals surface area (Å²) in [5, 5.41) is 4.07. The molecule has 0 bridgehead atoms. The molecule has 5 nitrogen and oxygen atoms in total. The largest absolute Gasteiger partial charge is 0.369 e. The molecule has 38 heavy (non-hydrogen) atoms. The standard InChI is InChI=1S/C33H32N4O/c1-24-12-17-30-27(22-24)23-31(35-30)33(38)34-28-13-15-29(16-14-28)36-18-20-37(21-19-36)32(25-8-4-2-5-9-25)26-10-6-3-7-11-26/h2-17,22-23,32,35H,18-21H2,1H3,(H,34,38). The van der Waals surface area contributed by atoms with E-state index in [1.807, 2.05) is 30.3 Å². The predicted octanol–water partition coefficient (Wildman–Crippen LogP) is 6.64. The fourth-order valence-electron chi connectivity index (χ4n) is 5.45. The number of carbonyl (C=O) groups is 1. The van der Waals surface area contributed by atoms with Crippen molar-refractivity contribution in [3.8, 4) is 0 Å².